The molecule has 3 atom stereocenters. The highest BCUT2D eigenvalue weighted by Crippen LogP contribution is 2.44. The third-order valence-corrected chi connectivity index (χ3v) is 4.17. The summed E-state index contributed by atoms with van der Waals surface area (Å²) < 4.78 is 0. The number of amides is 1. The first-order chi connectivity index (χ1) is 9.81. The molecule has 2 unspecified atom stereocenters. The lowest BCUT2D eigenvalue weighted by Gasteiger charge is -2.34. The van der Waals surface area contributed by atoms with E-state index in [2.05, 4.69) is 10.3 Å². The van der Waals surface area contributed by atoms with Gasteiger partial charge in [-0.25, -0.2) is 0 Å². The number of nitrogens with one attached hydrogen (secondary N) is 1. The van der Waals surface area contributed by atoms with Crippen LogP contribution in [0, 0.1) is 5.41 Å². The van der Waals surface area contributed by atoms with Crippen LogP contribution in [0.25, 0.3) is 0 Å². The summed E-state index contributed by atoms with van der Waals surface area (Å²) in [5.74, 6) is -1.11. The van der Waals surface area contributed by atoms with Crippen LogP contribution in [0.15, 0.2) is 4.99 Å². The second kappa shape index (κ2) is 7.28. The Morgan fingerprint density at radius 3 is 2.62 bits per heavy atom. The van der Waals surface area contributed by atoms with E-state index in [1.54, 1.807) is 0 Å². The maximum atomic E-state index is 11.9. The van der Waals surface area contributed by atoms with Gasteiger partial charge in [0, 0.05) is 13.0 Å². The molecule has 0 bridgehead atoms. The van der Waals surface area contributed by atoms with E-state index in [1.807, 2.05) is 6.92 Å². The predicted molar refractivity (Wildman–Crippen MR) is 80.6 cm³/mol. The fraction of sp³-hybridized carbons (Fsp3) is 0.786. The van der Waals surface area contributed by atoms with E-state index in [4.69, 9.17) is 11.5 Å². The van der Waals surface area contributed by atoms with Gasteiger partial charge in [0.25, 0.3) is 0 Å². The van der Waals surface area contributed by atoms with Crippen LogP contribution in [0.4, 0.5) is 0 Å². The molecule has 0 heterocycles. The van der Waals surface area contributed by atoms with Crippen molar-refractivity contribution >= 4 is 17.8 Å². The molecule has 0 radical (unpaired) electrons. The molecule has 1 fully saturated rings. The first kappa shape index (κ1) is 17.3. The molecule has 0 aromatic rings. The average Bonchev–Trinajstić information content (AvgIpc) is 2.78. The Kier molecular flexibility index (Phi) is 5.99. The Labute approximate surface area is 125 Å². The number of hydrogen-bond acceptors (Lipinski definition) is 3. The first-order valence-electron chi connectivity index (χ1n) is 7.41. The molecule has 7 heteroatoms. The maximum Gasteiger partial charge on any atom is 0.311 e. The number of carboxylic acids is 1. The van der Waals surface area contributed by atoms with Crippen LogP contribution in [0.1, 0.15) is 52.4 Å². The van der Waals surface area contributed by atoms with Crippen LogP contribution in [-0.2, 0) is 9.59 Å². The number of aliphatic carboxylic acids is 1. The number of carbonyl (C=O) groups excluding carboxylic acids is 1. The number of nitrogens with zero attached hydrogens (tertiary/aromatic N) is 1. The van der Waals surface area contributed by atoms with Crippen molar-refractivity contribution in [1.82, 2.24) is 5.32 Å². The Balaban J connectivity index is 2.98. The summed E-state index contributed by atoms with van der Waals surface area (Å²) in [6.45, 7) is 3.45. The molecule has 6 N–H and O–H groups in total. The van der Waals surface area contributed by atoms with E-state index in [-0.39, 0.29) is 24.0 Å². The fourth-order valence-corrected chi connectivity index (χ4v) is 3.17. The van der Waals surface area contributed by atoms with Crippen molar-refractivity contribution in [1.29, 1.82) is 0 Å². The Bertz CT molecular complexity index is 420. The summed E-state index contributed by atoms with van der Waals surface area (Å²) in [5.41, 5.74) is 9.79. The van der Waals surface area contributed by atoms with Crippen molar-refractivity contribution in [2.45, 2.75) is 64.5 Å². The van der Waals surface area contributed by atoms with E-state index in [0.29, 0.717) is 25.7 Å². The third-order valence-electron chi connectivity index (χ3n) is 4.17. The number of rotatable bonds is 7. The van der Waals surface area contributed by atoms with E-state index >= 15 is 0 Å². The average molecular weight is 298 g/mol. The SMILES string of the molecule is CCCCC(NC(C)=O)C1(C(=O)O)CC[C@@H](N=C(N)N)C1. The Hall–Kier alpha value is -1.79. The zero-order valence-corrected chi connectivity index (χ0v) is 12.8. The minimum atomic E-state index is -0.982. The molecular weight excluding hydrogens is 272 g/mol. The van der Waals surface area contributed by atoms with Crippen molar-refractivity contribution in [3.05, 3.63) is 0 Å². The molecule has 0 aromatic carbocycles. The minimum absolute atomic E-state index is 0.0224. The smallest absolute Gasteiger partial charge is 0.311 e. The summed E-state index contributed by atoms with van der Waals surface area (Å²) in [5, 5.41) is 12.6. The molecule has 0 aromatic heterocycles. The van der Waals surface area contributed by atoms with E-state index in [1.165, 1.54) is 6.92 Å². The lowest BCUT2D eigenvalue weighted by atomic mass is 9.76. The molecular formula is C14H26N4O3. The zero-order chi connectivity index (χ0) is 16.0. The van der Waals surface area contributed by atoms with Crippen LogP contribution in [0.2, 0.25) is 0 Å². The lowest BCUT2D eigenvalue weighted by molar-refractivity contribution is -0.151. The van der Waals surface area contributed by atoms with Crippen LogP contribution >= 0.6 is 0 Å². The standard InChI is InChI=1S/C14H26N4O3/c1-3-4-5-11(17-9(2)19)14(12(20)21)7-6-10(8-14)18-13(15)16/h10-11H,3-8H2,1-2H3,(H,17,19)(H,20,21)(H4,15,16,18)/t10-,11?,14?/m1/s1. The summed E-state index contributed by atoms with van der Waals surface area (Å²) in [6.07, 6.45) is 3.91. The highest BCUT2D eigenvalue weighted by atomic mass is 16.4. The molecule has 0 spiro atoms. The molecule has 0 saturated heterocycles. The number of carbonyl (C=O) groups is 2. The van der Waals surface area contributed by atoms with Gasteiger partial charge in [0.2, 0.25) is 5.91 Å². The zero-order valence-electron chi connectivity index (χ0n) is 12.8. The number of unbranched alkanes of at least 4 members (excludes halogenated alkanes) is 1. The molecule has 0 aliphatic heterocycles. The number of aliphatic imine (C=N–C) groups is 1. The molecule has 7 nitrogen and oxygen atoms in total. The number of nitrogens with two attached hydrogens (primary N) is 2. The monoisotopic (exact) mass is 298 g/mol. The molecule has 1 rings (SSSR count). The summed E-state index contributed by atoms with van der Waals surface area (Å²) in [6, 6.07) is -0.573. The molecule has 21 heavy (non-hydrogen) atoms. The van der Waals surface area contributed by atoms with E-state index in [0.717, 1.165) is 12.8 Å². The van der Waals surface area contributed by atoms with E-state index < -0.39 is 11.4 Å². The summed E-state index contributed by atoms with van der Waals surface area (Å²) in [7, 11) is 0. The topological polar surface area (TPSA) is 131 Å². The van der Waals surface area contributed by atoms with Gasteiger partial charge < -0.3 is 21.9 Å². The summed E-state index contributed by atoms with van der Waals surface area (Å²) in [4.78, 5) is 27.4. The van der Waals surface area contributed by atoms with Gasteiger partial charge in [-0.05, 0) is 25.7 Å². The van der Waals surface area contributed by atoms with Gasteiger partial charge in [-0.3, -0.25) is 14.6 Å². The summed E-state index contributed by atoms with van der Waals surface area (Å²) >= 11 is 0. The van der Waals surface area contributed by atoms with Crippen molar-refractivity contribution in [2.24, 2.45) is 21.9 Å². The fourth-order valence-electron chi connectivity index (χ4n) is 3.17. The predicted octanol–water partition coefficient (Wildman–Crippen LogP) is 0.578. The quantitative estimate of drug-likeness (QED) is 0.403. The molecule has 1 aliphatic rings. The van der Waals surface area contributed by atoms with E-state index in [9.17, 15) is 14.7 Å². The highest BCUT2D eigenvalue weighted by molar-refractivity contribution is 5.80. The van der Waals surface area contributed by atoms with Crippen molar-refractivity contribution < 1.29 is 14.7 Å². The van der Waals surface area contributed by atoms with Gasteiger partial charge in [0.15, 0.2) is 5.96 Å². The van der Waals surface area contributed by atoms with Crippen LogP contribution < -0.4 is 16.8 Å². The van der Waals surface area contributed by atoms with Gasteiger partial charge in [-0.1, -0.05) is 19.8 Å². The van der Waals surface area contributed by atoms with Crippen molar-refractivity contribution in [2.75, 3.05) is 0 Å². The molecule has 1 aliphatic carbocycles. The second-order valence-corrected chi connectivity index (χ2v) is 5.81. The van der Waals surface area contributed by atoms with Gasteiger partial charge in [0.1, 0.15) is 0 Å². The van der Waals surface area contributed by atoms with Crippen LogP contribution in [0.5, 0.6) is 0 Å². The number of guanidine groups is 1. The normalized spacial score (nSPS) is 26.1. The largest absolute Gasteiger partial charge is 0.481 e. The molecule has 120 valence electrons. The number of hydrogen-bond donors (Lipinski definition) is 4. The molecule has 1 saturated carbocycles. The second-order valence-electron chi connectivity index (χ2n) is 5.81. The third kappa shape index (κ3) is 4.34. The van der Waals surface area contributed by atoms with Crippen molar-refractivity contribution in [3.8, 4) is 0 Å². The van der Waals surface area contributed by atoms with Crippen molar-refractivity contribution in [3.63, 3.8) is 0 Å². The van der Waals surface area contributed by atoms with Gasteiger partial charge in [-0.15, -0.1) is 0 Å². The Morgan fingerprint density at radius 1 is 1.48 bits per heavy atom. The molecule has 1 amide bonds. The first-order valence-corrected chi connectivity index (χ1v) is 7.41. The maximum absolute atomic E-state index is 11.9. The number of carboxylic acid groups (broad SMARTS) is 1. The van der Waals surface area contributed by atoms with Crippen LogP contribution in [0.3, 0.4) is 0 Å². The van der Waals surface area contributed by atoms with Gasteiger partial charge in [0.05, 0.1) is 11.5 Å². The highest BCUT2D eigenvalue weighted by Gasteiger charge is 2.51. The Morgan fingerprint density at radius 2 is 2.14 bits per heavy atom. The van der Waals surface area contributed by atoms with Crippen LogP contribution in [-0.4, -0.2) is 35.0 Å². The van der Waals surface area contributed by atoms with Gasteiger partial charge >= 0.3 is 5.97 Å². The lowest BCUT2D eigenvalue weighted by Crippen LogP contribution is -2.50. The van der Waals surface area contributed by atoms with Gasteiger partial charge in [-0.2, -0.15) is 0 Å². The minimum Gasteiger partial charge on any atom is -0.481 e.